The van der Waals surface area contributed by atoms with Gasteiger partial charge in [0.25, 0.3) is 0 Å². The van der Waals surface area contributed by atoms with Crippen LogP contribution in [0.5, 0.6) is 5.75 Å². The van der Waals surface area contributed by atoms with Crippen molar-refractivity contribution in [3.8, 4) is 5.75 Å². The molecule has 0 heterocycles. The molecule has 2 rings (SSSR count). The molecular formula is C16H20Cl2N2O5S. The summed E-state index contributed by atoms with van der Waals surface area (Å²) in [7, 11) is -4.17. The van der Waals surface area contributed by atoms with E-state index >= 15 is 0 Å². The van der Waals surface area contributed by atoms with Gasteiger partial charge in [-0.15, -0.1) is 0 Å². The van der Waals surface area contributed by atoms with Crippen molar-refractivity contribution in [2.24, 2.45) is 0 Å². The maximum atomic E-state index is 12.7. The molecule has 7 nitrogen and oxygen atoms in total. The summed E-state index contributed by atoms with van der Waals surface area (Å²) < 4.78 is 23.9. The Morgan fingerprint density at radius 1 is 1.35 bits per heavy atom. The Morgan fingerprint density at radius 2 is 2.00 bits per heavy atom. The lowest BCUT2D eigenvalue weighted by molar-refractivity contribution is 0.249. The second kappa shape index (κ2) is 7.64. The number of allylic oxidation sites excluding steroid dienone is 1. The Morgan fingerprint density at radius 3 is 2.54 bits per heavy atom. The molecule has 0 saturated heterocycles. The van der Waals surface area contributed by atoms with Gasteiger partial charge in [-0.05, 0) is 38.8 Å². The molecule has 144 valence electrons. The number of urea groups is 1. The fourth-order valence-corrected chi connectivity index (χ4v) is 4.53. The number of benzene rings is 1. The van der Waals surface area contributed by atoms with Gasteiger partial charge in [0.15, 0.2) is 15.6 Å². The van der Waals surface area contributed by atoms with Crippen molar-refractivity contribution in [1.82, 2.24) is 5.32 Å². The average Bonchev–Trinajstić information content (AvgIpc) is 2.94. The van der Waals surface area contributed by atoms with E-state index in [1.807, 2.05) is 0 Å². The lowest BCUT2D eigenvalue weighted by Crippen LogP contribution is -2.37. The van der Waals surface area contributed by atoms with Gasteiger partial charge in [0, 0.05) is 5.03 Å². The minimum Gasteiger partial charge on any atom is -0.504 e. The highest BCUT2D eigenvalue weighted by molar-refractivity contribution is 7.93. The smallest absolute Gasteiger partial charge is 0.319 e. The Kier molecular flexibility index (Phi) is 6.12. The van der Waals surface area contributed by atoms with Crippen LogP contribution in [0.2, 0.25) is 5.02 Å². The van der Waals surface area contributed by atoms with E-state index in [1.165, 1.54) is 26.0 Å². The predicted octanol–water partition coefficient (Wildman–Crippen LogP) is 3.00. The number of carbonyl (C=O) groups excluding carboxylic acids is 1. The molecular weight excluding hydrogens is 403 g/mol. The first-order valence-electron chi connectivity index (χ1n) is 7.81. The van der Waals surface area contributed by atoms with Gasteiger partial charge in [-0.1, -0.05) is 29.3 Å². The van der Waals surface area contributed by atoms with Crippen LogP contribution in [0.3, 0.4) is 0 Å². The van der Waals surface area contributed by atoms with Crippen molar-refractivity contribution in [2.45, 2.75) is 42.4 Å². The number of anilines is 1. The number of phenolic OH excluding ortho intramolecular Hbond substituents is 1. The van der Waals surface area contributed by atoms with Gasteiger partial charge < -0.3 is 20.8 Å². The summed E-state index contributed by atoms with van der Waals surface area (Å²) in [6.45, 7) is 1.94. The van der Waals surface area contributed by atoms with E-state index < -0.39 is 37.9 Å². The van der Waals surface area contributed by atoms with Crippen LogP contribution in [0.25, 0.3) is 0 Å². The van der Waals surface area contributed by atoms with Gasteiger partial charge in [-0.3, -0.25) is 0 Å². The number of sulfone groups is 1. The summed E-state index contributed by atoms with van der Waals surface area (Å²) >= 11 is 11.9. The number of rotatable bonds is 5. The van der Waals surface area contributed by atoms with Crippen molar-refractivity contribution < 1.29 is 23.4 Å². The van der Waals surface area contributed by atoms with Gasteiger partial charge in [0.2, 0.25) is 0 Å². The molecule has 10 heteroatoms. The number of hydrogen-bond donors (Lipinski definition) is 4. The number of aliphatic hydroxyl groups is 1. The Labute approximate surface area is 161 Å². The van der Waals surface area contributed by atoms with Crippen LogP contribution >= 0.6 is 23.2 Å². The molecule has 1 aromatic carbocycles. The third-order valence-electron chi connectivity index (χ3n) is 4.14. The SMILES string of the molecule is CC(C)(CO)S(=O)(=O)c1c(Cl)ccc(NC(=O)N[C@H]2CCC=C2Cl)c1O. The molecule has 1 aliphatic rings. The van der Waals surface area contributed by atoms with E-state index in [4.69, 9.17) is 23.2 Å². The quantitative estimate of drug-likeness (QED) is 0.544. The molecule has 1 aliphatic carbocycles. The topological polar surface area (TPSA) is 116 Å². The molecule has 0 saturated carbocycles. The van der Waals surface area contributed by atoms with E-state index in [1.54, 1.807) is 6.08 Å². The van der Waals surface area contributed by atoms with E-state index in [0.29, 0.717) is 11.5 Å². The summed E-state index contributed by atoms with van der Waals surface area (Å²) in [5.74, 6) is -0.692. The van der Waals surface area contributed by atoms with Crippen molar-refractivity contribution in [3.63, 3.8) is 0 Å². The maximum absolute atomic E-state index is 12.7. The number of halogens is 2. The average molecular weight is 423 g/mol. The molecule has 26 heavy (non-hydrogen) atoms. The van der Waals surface area contributed by atoms with Crippen LogP contribution in [0, 0.1) is 0 Å². The first kappa shape index (κ1) is 20.8. The van der Waals surface area contributed by atoms with E-state index in [0.717, 1.165) is 6.42 Å². The molecule has 1 aromatic rings. The minimum absolute atomic E-state index is 0.127. The highest BCUT2D eigenvalue weighted by Crippen LogP contribution is 2.41. The Balaban J connectivity index is 2.32. The number of amides is 2. The van der Waals surface area contributed by atoms with E-state index in [2.05, 4.69) is 10.6 Å². The molecule has 2 amide bonds. The van der Waals surface area contributed by atoms with Gasteiger partial charge in [-0.2, -0.15) is 0 Å². The second-order valence-electron chi connectivity index (χ2n) is 6.51. The van der Waals surface area contributed by atoms with Crippen LogP contribution in [0.15, 0.2) is 28.1 Å². The third-order valence-corrected chi connectivity index (χ3v) is 7.52. The van der Waals surface area contributed by atoms with Crippen LogP contribution < -0.4 is 10.6 Å². The largest absolute Gasteiger partial charge is 0.504 e. The molecule has 0 radical (unpaired) electrons. The molecule has 0 aromatic heterocycles. The van der Waals surface area contributed by atoms with Gasteiger partial charge >= 0.3 is 6.03 Å². The molecule has 0 bridgehead atoms. The highest BCUT2D eigenvalue weighted by atomic mass is 35.5. The van der Waals surface area contributed by atoms with Crippen LogP contribution in [0.4, 0.5) is 10.5 Å². The van der Waals surface area contributed by atoms with Crippen molar-refractivity contribution in [2.75, 3.05) is 11.9 Å². The summed E-state index contributed by atoms with van der Waals surface area (Å²) in [4.78, 5) is 11.6. The molecule has 0 spiro atoms. The fourth-order valence-electron chi connectivity index (χ4n) is 2.39. The lowest BCUT2D eigenvalue weighted by atomic mass is 10.2. The van der Waals surface area contributed by atoms with Crippen molar-refractivity contribution >= 4 is 44.8 Å². The van der Waals surface area contributed by atoms with E-state index in [9.17, 15) is 23.4 Å². The van der Waals surface area contributed by atoms with Crippen molar-refractivity contribution in [3.05, 3.63) is 28.3 Å². The molecule has 0 aliphatic heterocycles. The number of phenols is 1. The van der Waals surface area contributed by atoms with E-state index in [-0.39, 0.29) is 16.8 Å². The van der Waals surface area contributed by atoms with Gasteiger partial charge in [0.1, 0.15) is 4.90 Å². The van der Waals surface area contributed by atoms with Crippen LogP contribution in [-0.4, -0.2) is 42.1 Å². The second-order valence-corrected chi connectivity index (χ2v) is 9.88. The highest BCUT2D eigenvalue weighted by Gasteiger charge is 2.39. The van der Waals surface area contributed by atoms with Gasteiger partial charge in [0.05, 0.1) is 28.1 Å². The molecule has 0 fully saturated rings. The molecule has 0 unspecified atom stereocenters. The lowest BCUT2D eigenvalue weighted by Gasteiger charge is -2.24. The number of aromatic hydroxyl groups is 1. The maximum Gasteiger partial charge on any atom is 0.319 e. The summed E-state index contributed by atoms with van der Waals surface area (Å²) in [6, 6.07) is 1.56. The predicted molar refractivity (Wildman–Crippen MR) is 101 cm³/mol. The summed E-state index contributed by atoms with van der Waals surface area (Å²) in [5.41, 5.74) is -0.127. The zero-order chi connectivity index (χ0) is 19.7. The number of nitrogens with one attached hydrogen (secondary N) is 2. The Bertz CT molecular complexity index is 852. The van der Waals surface area contributed by atoms with Crippen molar-refractivity contribution in [1.29, 1.82) is 0 Å². The first-order chi connectivity index (χ1) is 12.0. The van der Waals surface area contributed by atoms with Gasteiger partial charge in [-0.25, -0.2) is 13.2 Å². The number of carbonyl (C=O) groups is 1. The summed E-state index contributed by atoms with van der Waals surface area (Å²) in [5, 5.41) is 25.1. The monoisotopic (exact) mass is 422 g/mol. The normalized spacial score (nSPS) is 17.7. The molecule has 1 atom stereocenters. The first-order valence-corrected chi connectivity index (χ1v) is 10.0. The Hall–Kier alpha value is -1.48. The fraction of sp³-hybridized carbons (Fsp3) is 0.438. The zero-order valence-electron chi connectivity index (χ0n) is 14.2. The standard InChI is InChI=1S/C16H20Cl2N2O5S/c1-16(2,8-21)26(24,25)14-10(18)6-7-12(13(14)22)20-15(23)19-11-5-3-4-9(11)17/h4,6-7,11,21-22H,3,5,8H2,1-2H3,(H2,19,20,23)/t11-/m0/s1. The zero-order valence-corrected chi connectivity index (χ0v) is 16.5. The number of hydrogen-bond acceptors (Lipinski definition) is 5. The number of aliphatic hydroxyl groups excluding tert-OH is 1. The summed E-state index contributed by atoms with van der Waals surface area (Å²) in [6.07, 6.45) is 3.20. The van der Waals surface area contributed by atoms with Crippen LogP contribution in [0.1, 0.15) is 26.7 Å². The third kappa shape index (κ3) is 3.93. The molecule has 4 N–H and O–H groups in total. The van der Waals surface area contributed by atoms with Crippen LogP contribution in [-0.2, 0) is 9.84 Å². The minimum atomic E-state index is -4.17.